The second kappa shape index (κ2) is 37.5. The molecule has 572 valence electrons. The molecule has 4 rings (SSSR count). The molecule has 0 aliphatic heterocycles. The Morgan fingerprint density at radius 2 is 0.838 bits per heavy atom. The molecule has 22 atom stereocenters. The van der Waals surface area contributed by atoms with Crippen molar-refractivity contribution in [2.75, 3.05) is 39.6 Å². The van der Waals surface area contributed by atoms with E-state index in [1.165, 1.54) is 13.8 Å². The quantitative estimate of drug-likeness (QED) is 0.0123. The van der Waals surface area contributed by atoms with E-state index in [0.717, 1.165) is 0 Å². The van der Waals surface area contributed by atoms with E-state index in [9.17, 15) is 148 Å². The van der Waals surface area contributed by atoms with Crippen LogP contribution in [0.3, 0.4) is 0 Å². The van der Waals surface area contributed by atoms with Crippen molar-refractivity contribution in [1.29, 1.82) is 0 Å². The summed E-state index contributed by atoms with van der Waals surface area (Å²) in [4.78, 5) is 15.1. The first-order chi connectivity index (χ1) is 46.3. The van der Waals surface area contributed by atoms with Crippen molar-refractivity contribution in [3.05, 3.63) is 81.3 Å². The fourth-order valence-corrected chi connectivity index (χ4v) is 13.9. The van der Waals surface area contributed by atoms with Gasteiger partial charge in [0.1, 0.15) is 48.8 Å². The average molecular weight is 1440 g/mol. The molecule has 0 heterocycles. The summed E-state index contributed by atoms with van der Waals surface area (Å²) in [6, 6.07) is 0. The highest BCUT2D eigenvalue weighted by molar-refractivity contribution is 5.77. The third kappa shape index (κ3) is 19.9. The lowest BCUT2D eigenvalue weighted by Gasteiger charge is -2.64. The minimum Gasteiger partial charge on any atom is -0.506 e. The normalized spacial score (nSPS) is 28.9. The molecule has 37 nitrogen and oxygen atoms in total. The Kier molecular flexibility index (Phi) is 32.5. The van der Waals surface area contributed by atoms with E-state index in [0.29, 0.717) is 12.0 Å². The topological polar surface area (TPSA) is 668 Å². The Balaban J connectivity index is 1.82. The van der Waals surface area contributed by atoms with Crippen molar-refractivity contribution >= 4 is 5.97 Å². The van der Waals surface area contributed by atoms with Gasteiger partial charge in [-0.15, -0.1) is 0 Å². The summed E-state index contributed by atoms with van der Waals surface area (Å²) in [6.07, 6.45) is -42.2. The van der Waals surface area contributed by atoms with Gasteiger partial charge < -0.3 is 181 Å². The van der Waals surface area contributed by atoms with Gasteiger partial charge in [-0.1, -0.05) is 26.8 Å². The van der Waals surface area contributed by atoms with Crippen LogP contribution in [0.2, 0.25) is 0 Å². The number of carbonyl (C=O) groups excluding carboxylic acids is 1. The van der Waals surface area contributed by atoms with Crippen LogP contribution in [0, 0.1) is 28.1 Å². The zero-order chi connectivity index (χ0) is 75.0. The molecule has 22 unspecified atom stereocenters. The summed E-state index contributed by atoms with van der Waals surface area (Å²) in [7, 11) is 0. The lowest BCUT2D eigenvalue weighted by molar-refractivity contribution is -0.248. The lowest BCUT2D eigenvalue weighted by atomic mass is 9.41. The van der Waals surface area contributed by atoms with Crippen LogP contribution in [-0.4, -0.2) is 298 Å². The zero-order valence-corrected chi connectivity index (χ0v) is 54.9. The van der Waals surface area contributed by atoms with Gasteiger partial charge >= 0.3 is 5.97 Å². The van der Waals surface area contributed by atoms with E-state index in [-0.39, 0.29) is 57.3 Å². The summed E-state index contributed by atoms with van der Waals surface area (Å²) in [5.74, 6) is -19.1. The Labute approximate surface area is 567 Å². The molecule has 0 radical (unpaired) electrons. The first-order valence-corrected chi connectivity index (χ1v) is 32.1. The second-order valence-corrected chi connectivity index (χ2v) is 25.5. The largest absolute Gasteiger partial charge is 0.506 e. The molecular weight excluding hydrogens is 1340 g/mol. The summed E-state index contributed by atoms with van der Waals surface area (Å²) in [5, 5.41) is 307. The number of hydrogen-bond acceptors (Lipinski definition) is 37. The van der Waals surface area contributed by atoms with Crippen molar-refractivity contribution < 1.29 is 186 Å². The van der Waals surface area contributed by atoms with E-state index < -0.39 is 286 Å². The Hall–Kier alpha value is -5.67. The van der Waals surface area contributed by atoms with Gasteiger partial charge in [-0.2, -0.15) is 0 Å². The fraction of sp³-hybridized carbons (Fsp3) is 0.758. The van der Waals surface area contributed by atoms with Crippen LogP contribution >= 0.6 is 0 Å². The molecule has 0 saturated heterocycles. The van der Waals surface area contributed by atoms with Gasteiger partial charge in [0.2, 0.25) is 41.9 Å². The van der Waals surface area contributed by atoms with E-state index in [2.05, 4.69) is 6.58 Å². The number of fused-ring (bicyclic) bond motifs is 3. The summed E-state index contributed by atoms with van der Waals surface area (Å²) >= 11 is 0. The number of aliphatic hydroxyl groups excluding tert-OH is 29. The average Bonchev–Trinajstić information content (AvgIpc) is 1.61. The zero-order valence-electron chi connectivity index (χ0n) is 54.9. The third-order valence-electron chi connectivity index (χ3n) is 19.0. The standard InChI is InChI=1S/C62H102O37/c1-5-28(69)46(93-51(85)41(80)37(76)29(70)9-19-63)45(84)55(89)96-49(47(33(74)13-23-67)94-52(86)42(81)38(77)30(71)10-20-64)56(90)98-58(92)60(4)16-6-15-59(3)35(60)7-17-61-25-27(2)62(26-61,18-8-36(59)61)99-57(91)50(97-54(88)44(83)40(79)32(73)12-22-66)48(34(75)14-24-68)95-53(87)43(82)39(78)31(72)11-21-65/h28-36,45-46,51-57,63-91H,2,5-26H2,1,3-4H3/b41-37+,42-38-,43-39-,44-40-,49-47-,50-48+. The molecule has 4 fully saturated rings. The predicted octanol–water partition coefficient (Wildman–Crippen LogP) is -3.36. The number of carbonyl (C=O) groups is 1. The van der Waals surface area contributed by atoms with Crippen LogP contribution in [0.1, 0.15) is 124 Å². The first kappa shape index (κ1) is 85.7. The van der Waals surface area contributed by atoms with Gasteiger partial charge in [0, 0.05) is 78.2 Å². The van der Waals surface area contributed by atoms with Gasteiger partial charge in [0.15, 0.2) is 46.1 Å². The molecule has 37 heteroatoms. The van der Waals surface area contributed by atoms with Crippen LogP contribution in [0.15, 0.2) is 81.3 Å². The highest BCUT2D eigenvalue weighted by Crippen LogP contribution is 2.74. The highest BCUT2D eigenvalue weighted by atomic mass is 16.7. The Morgan fingerprint density at radius 3 is 1.25 bits per heavy atom. The van der Waals surface area contributed by atoms with Crippen molar-refractivity contribution in [1.82, 2.24) is 0 Å². The Morgan fingerprint density at radius 1 is 0.455 bits per heavy atom. The summed E-state index contributed by atoms with van der Waals surface area (Å²) < 4.78 is 39.0. The number of aliphatic hydroxyl groups is 29. The molecule has 2 bridgehead atoms. The van der Waals surface area contributed by atoms with E-state index in [1.54, 1.807) is 0 Å². The predicted molar refractivity (Wildman–Crippen MR) is 329 cm³/mol. The van der Waals surface area contributed by atoms with E-state index >= 15 is 4.79 Å². The van der Waals surface area contributed by atoms with Crippen molar-refractivity contribution in [3.8, 4) is 0 Å². The minimum absolute atomic E-state index is 0.0214. The van der Waals surface area contributed by atoms with Crippen molar-refractivity contribution in [3.63, 3.8) is 0 Å². The maximum atomic E-state index is 15.1. The minimum atomic E-state index is -2.95. The van der Waals surface area contributed by atoms with Crippen LogP contribution in [0.5, 0.6) is 0 Å². The second-order valence-electron chi connectivity index (χ2n) is 25.5. The van der Waals surface area contributed by atoms with Crippen LogP contribution < -0.4 is 0 Å². The smallest absolute Gasteiger partial charge is 0.314 e. The maximum absolute atomic E-state index is 15.1. The number of esters is 1. The fourth-order valence-electron chi connectivity index (χ4n) is 13.9. The van der Waals surface area contributed by atoms with Crippen LogP contribution in [0.4, 0.5) is 0 Å². The molecule has 29 N–H and O–H groups in total. The molecule has 99 heavy (non-hydrogen) atoms. The highest BCUT2D eigenvalue weighted by Gasteiger charge is 2.69. The molecule has 4 aliphatic rings. The van der Waals surface area contributed by atoms with Gasteiger partial charge in [0.05, 0.1) is 17.1 Å². The lowest BCUT2D eigenvalue weighted by Crippen LogP contribution is -2.60. The molecule has 0 aromatic heterocycles. The number of hydrogen-bond donors (Lipinski definition) is 29. The van der Waals surface area contributed by atoms with E-state index in [4.69, 9.17) is 33.2 Å². The van der Waals surface area contributed by atoms with Crippen LogP contribution in [0.25, 0.3) is 0 Å². The van der Waals surface area contributed by atoms with Crippen molar-refractivity contribution in [2.24, 2.45) is 28.1 Å². The molecule has 4 aliphatic carbocycles. The molecule has 0 amide bonds. The van der Waals surface area contributed by atoms with Gasteiger partial charge in [-0.25, -0.2) is 0 Å². The van der Waals surface area contributed by atoms with Gasteiger partial charge in [0.25, 0.3) is 25.2 Å². The number of ether oxygens (including phenoxy) is 7. The number of rotatable bonds is 42. The maximum Gasteiger partial charge on any atom is 0.314 e. The third-order valence-corrected chi connectivity index (χ3v) is 19.0. The SMILES string of the molecule is C=C1CC23CCC4C(C)(C(=O)OC(O)/C(OC(O)C(O)C(OC(O)/C(O)=C(\O)C(O)CCO)C(O)CC)=C(/OC(O)/C(O)=C(/O)C(O)CCO)C(O)CCO)CCCC4(C)C2CCC1(OC(O)/C(OC(O)/C(O)=C(/O)C(O)CCO)=C(\OC(O)/C(O)=C(/O)C(O)CCO)C(O)CCO)C3. The molecule has 0 aromatic carbocycles. The summed E-state index contributed by atoms with van der Waals surface area (Å²) in [5.41, 5.74) is -4.56. The molecule has 1 spiro atoms. The summed E-state index contributed by atoms with van der Waals surface area (Å²) in [6.45, 7) is 4.19. The first-order valence-electron chi connectivity index (χ1n) is 32.1. The Bertz CT molecular complexity index is 2830. The monoisotopic (exact) mass is 1440 g/mol. The van der Waals surface area contributed by atoms with Gasteiger partial charge in [-0.3, -0.25) is 4.79 Å². The van der Waals surface area contributed by atoms with E-state index in [1.807, 2.05) is 6.92 Å². The molecule has 4 saturated carbocycles. The van der Waals surface area contributed by atoms with Crippen molar-refractivity contribution in [2.45, 2.75) is 228 Å². The van der Waals surface area contributed by atoms with Crippen LogP contribution in [-0.2, 0) is 38.0 Å². The molecular formula is C62H102O37. The molecule has 0 aromatic rings. The van der Waals surface area contributed by atoms with Gasteiger partial charge in [-0.05, 0) is 93.0 Å².